The zero-order valence-corrected chi connectivity index (χ0v) is 44.3. The van der Waals surface area contributed by atoms with E-state index in [1.807, 2.05) is 11.8 Å². The van der Waals surface area contributed by atoms with Gasteiger partial charge in [-0.3, -0.25) is 14.4 Å². The van der Waals surface area contributed by atoms with Crippen LogP contribution < -0.4 is 26.6 Å². The van der Waals surface area contributed by atoms with E-state index in [1.54, 1.807) is 0 Å². The Morgan fingerprint density at radius 3 is 2.08 bits per heavy atom. The smallest absolute Gasteiger partial charge is 0.364 e. The molecule has 24 atom stereocenters. The van der Waals surface area contributed by atoms with Crippen LogP contribution in [0.4, 0.5) is 4.79 Å². The highest BCUT2D eigenvalue weighted by atomic mass is 32.2. The van der Waals surface area contributed by atoms with Gasteiger partial charge in [0.1, 0.15) is 85.4 Å². The molecule has 0 aromatic heterocycles. The summed E-state index contributed by atoms with van der Waals surface area (Å²) >= 11 is 1.82. The Morgan fingerprint density at radius 2 is 1.41 bits per heavy atom. The number of carbonyl (C=O) groups excluding carboxylic acids is 4. The second-order valence-corrected chi connectivity index (χ2v) is 21.8. The first-order valence-corrected chi connectivity index (χ1v) is 27.3. The number of ether oxygens (including phenoxy) is 8. The number of aliphatic carboxylic acids is 1. The number of aliphatic hydroxyl groups is 11. The fourth-order valence-electron chi connectivity index (χ4n) is 10.5. The lowest BCUT2D eigenvalue weighted by Crippen LogP contribution is -2.71. The number of carbonyl (C=O) groups is 5. The number of aliphatic hydroxyl groups excluding tert-OH is 11. The summed E-state index contributed by atoms with van der Waals surface area (Å²) in [4.78, 5) is 62.3. The van der Waals surface area contributed by atoms with Gasteiger partial charge in [0, 0.05) is 50.8 Å². The highest BCUT2D eigenvalue weighted by Gasteiger charge is 2.61. The summed E-state index contributed by atoms with van der Waals surface area (Å²) < 4.78 is 47.8. The number of urea groups is 1. The summed E-state index contributed by atoms with van der Waals surface area (Å²) in [6.45, 7) is 0.889. The number of hydrogen-bond donors (Lipinski definition) is 17. The highest BCUT2D eigenvalue weighted by Crippen LogP contribution is 2.40. The summed E-state index contributed by atoms with van der Waals surface area (Å²) in [5, 5.41) is 144. The molecule has 0 spiro atoms. The van der Waals surface area contributed by atoms with Crippen LogP contribution in [0.15, 0.2) is 0 Å². The molecule has 0 aromatic rings. The van der Waals surface area contributed by atoms with E-state index in [1.165, 1.54) is 6.92 Å². The van der Waals surface area contributed by atoms with Gasteiger partial charge in [-0.05, 0) is 32.6 Å². The summed E-state index contributed by atoms with van der Waals surface area (Å²) in [6.07, 6.45) is -29.5. The Labute approximate surface area is 453 Å². The van der Waals surface area contributed by atoms with Crippen LogP contribution in [0, 0.1) is 0 Å². The van der Waals surface area contributed by atoms with Gasteiger partial charge in [-0.1, -0.05) is 19.3 Å². The van der Waals surface area contributed by atoms with Crippen molar-refractivity contribution in [3.8, 4) is 0 Å². The molecule has 78 heavy (non-hydrogen) atoms. The van der Waals surface area contributed by atoms with Crippen LogP contribution in [0.1, 0.15) is 78.6 Å². The molecule has 0 radical (unpaired) electrons. The van der Waals surface area contributed by atoms with Gasteiger partial charge in [0.05, 0.1) is 50.2 Å². The fraction of sp³-hybridized carbons (Fsp3) is 0.894. The molecule has 30 nitrogen and oxygen atoms in total. The molecule has 6 saturated heterocycles. The number of carboxylic acid groups (broad SMARTS) is 1. The molecule has 0 saturated carbocycles. The van der Waals surface area contributed by atoms with Crippen LogP contribution in [-0.2, 0) is 57.1 Å². The molecule has 6 heterocycles. The summed E-state index contributed by atoms with van der Waals surface area (Å²) in [7, 11) is 0. The molecule has 6 fully saturated rings. The lowest BCUT2D eigenvalue weighted by atomic mass is 9.88. The van der Waals surface area contributed by atoms with Crippen LogP contribution >= 0.6 is 11.8 Å². The van der Waals surface area contributed by atoms with Crippen molar-refractivity contribution < 1.29 is 123 Å². The Hall–Kier alpha value is -3.26. The van der Waals surface area contributed by atoms with E-state index < -0.39 is 172 Å². The van der Waals surface area contributed by atoms with Gasteiger partial charge in [-0.25, -0.2) is 9.59 Å². The van der Waals surface area contributed by atoms with E-state index in [4.69, 9.17) is 37.9 Å². The second kappa shape index (κ2) is 29.1. The molecule has 0 bridgehead atoms. The highest BCUT2D eigenvalue weighted by molar-refractivity contribution is 8.00. The number of unbranched alkanes of at least 4 members (excludes halogenated alkanes) is 4. The number of fused-ring (bicyclic) bond motifs is 1. The number of amides is 5. The molecular formula is C47H79N5O25S. The molecule has 6 aliphatic heterocycles. The molecule has 0 aromatic carbocycles. The van der Waals surface area contributed by atoms with Crippen molar-refractivity contribution in [1.29, 1.82) is 0 Å². The van der Waals surface area contributed by atoms with E-state index in [0.717, 1.165) is 32.4 Å². The zero-order chi connectivity index (χ0) is 57.2. The van der Waals surface area contributed by atoms with Crippen LogP contribution in [0.25, 0.3) is 0 Å². The quantitative estimate of drug-likeness (QED) is 0.0268. The summed E-state index contributed by atoms with van der Waals surface area (Å²) in [5.74, 6) is -5.84. The first-order chi connectivity index (χ1) is 37.0. The van der Waals surface area contributed by atoms with Gasteiger partial charge in [-0.15, -0.1) is 0 Å². The van der Waals surface area contributed by atoms with E-state index in [0.29, 0.717) is 50.3 Å². The molecular weight excluding hydrogens is 1070 g/mol. The number of nitrogens with one attached hydrogen (secondary N) is 5. The van der Waals surface area contributed by atoms with Crippen LogP contribution in [0.5, 0.6) is 0 Å². The summed E-state index contributed by atoms with van der Waals surface area (Å²) in [5.41, 5.74) is 0. The normalized spacial score (nSPS) is 40.5. The van der Waals surface area contributed by atoms with Gasteiger partial charge in [0.25, 0.3) is 5.79 Å². The lowest BCUT2D eigenvalue weighted by molar-refractivity contribution is -0.391. The van der Waals surface area contributed by atoms with Gasteiger partial charge >= 0.3 is 12.0 Å². The number of rotatable bonds is 27. The van der Waals surface area contributed by atoms with E-state index in [-0.39, 0.29) is 30.6 Å². The monoisotopic (exact) mass is 1150 g/mol. The minimum Gasteiger partial charge on any atom is -0.477 e. The third-order valence-corrected chi connectivity index (χ3v) is 16.2. The second-order valence-electron chi connectivity index (χ2n) is 20.5. The molecule has 448 valence electrons. The largest absolute Gasteiger partial charge is 0.477 e. The topological polar surface area (TPSA) is 462 Å². The molecule has 6 rings (SSSR count). The van der Waals surface area contributed by atoms with Gasteiger partial charge in [0.15, 0.2) is 18.9 Å². The van der Waals surface area contributed by atoms with E-state index >= 15 is 0 Å². The van der Waals surface area contributed by atoms with Crippen molar-refractivity contribution >= 4 is 41.5 Å². The molecule has 31 heteroatoms. The Balaban J connectivity index is 1.13. The maximum Gasteiger partial charge on any atom is 0.364 e. The van der Waals surface area contributed by atoms with Crippen LogP contribution in [0.3, 0.4) is 0 Å². The first-order valence-electron chi connectivity index (χ1n) is 26.3. The average Bonchev–Trinajstić information content (AvgIpc) is 4.11. The van der Waals surface area contributed by atoms with Crippen LogP contribution in [0.2, 0.25) is 0 Å². The predicted octanol–water partition coefficient (Wildman–Crippen LogP) is -6.80. The third kappa shape index (κ3) is 15.6. The maximum atomic E-state index is 13.1. The molecule has 0 aliphatic carbocycles. The summed E-state index contributed by atoms with van der Waals surface area (Å²) in [6, 6.07) is -2.96. The third-order valence-electron chi connectivity index (χ3n) is 14.7. The SMILES string of the molecule is CC(=O)N[C@@H]1[C@H](OCCCCCCNC(=O)CCCC[C@@H]2SC[C@@H]3NC(=O)N[C@@H]32)O[C@@H](CO)[C@@H](O[C@@H]2O[C@@H](CO)[C@H](O)[C@H](O[C@]3(C(=O)O)C[C@@H](O)[C@@H](NC(C)=O)[C@H]([C@H](O)[C@H](O)CO)O3)[C@@H]2O)[C@@H]1O[C@@H]1O[C@@H](C)[C@@H](O)[C@H](O)[C@@H]1O. The van der Waals surface area contributed by atoms with Gasteiger partial charge in [0.2, 0.25) is 17.7 Å². The van der Waals surface area contributed by atoms with Crippen molar-refractivity contribution in [3.05, 3.63) is 0 Å². The van der Waals surface area contributed by atoms with Crippen molar-refractivity contribution in [2.45, 2.75) is 224 Å². The van der Waals surface area contributed by atoms with E-state index in [2.05, 4.69) is 26.6 Å². The van der Waals surface area contributed by atoms with Crippen molar-refractivity contribution in [3.63, 3.8) is 0 Å². The number of hydrogen-bond acceptors (Lipinski definition) is 25. The molecule has 0 unspecified atom stereocenters. The number of thioether (sulfide) groups is 1. The maximum absolute atomic E-state index is 13.1. The zero-order valence-electron chi connectivity index (χ0n) is 43.5. The lowest BCUT2D eigenvalue weighted by Gasteiger charge is -2.51. The van der Waals surface area contributed by atoms with Gasteiger partial charge < -0.3 is 126 Å². The van der Waals surface area contributed by atoms with Crippen molar-refractivity contribution in [1.82, 2.24) is 26.6 Å². The minimum absolute atomic E-state index is 0.00133. The molecule has 17 N–H and O–H groups in total. The Bertz CT molecular complexity index is 1980. The first kappa shape index (κ1) is 63.9. The standard InChI is InChI=1S/C47H79N5O25S/c1-19-32(61)35(64)36(65)43(71-19)75-40-31(50-21(3)57)42(70-13-9-5-4-8-12-48-28(60)11-7-6-10-27-29-22(18-78-27)51-46(69)52-29)73-26(17-55)38(40)74-44-37(66)41(34(63)25(16-54)72-44)77-47(45(67)68)14-23(58)30(49-20(2)56)39(76-47)33(62)24(59)15-53/h19,22-27,29-44,53-55,58-59,61-66H,4-18H2,1-3H3,(H,48,60)(H,49,56)(H,50,57)(H,67,68)(H2,51,52,69)/t19-,22-,23+,24+,25-,26-,27-,29-,30+,31-,32+,33+,34-,35-,36-,37-,38+,39+,40+,41-,42+,43-,44-,47-/m0/s1. The van der Waals surface area contributed by atoms with Crippen LogP contribution in [-0.4, -0.2) is 275 Å². The van der Waals surface area contributed by atoms with E-state index in [9.17, 15) is 85.3 Å². The minimum atomic E-state index is -3.14. The number of carboxylic acids is 1. The average molecular weight is 1150 g/mol. The van der Waals surface area contributed by atoms with Gasteiger partial charge in [-0.2, -0.15) is 11.8 Å². The Kier molecular flexibility index (Phi) is 23.9. The predicted molar refractivity (Wildman–Crippen MR) is 262 cm³/mol. The van der Waals surface area contributed by atoms with Crippen molar-refractivity contribution in [2.75, 3.05) is 38.7 Å². The molecule has 5 amide bonds. The fourth-order valence-corrected chi connectivity index (χ4v) is 12.0. The Morgan fingerprint density at radius 1 is 0.756 bits per heavy atom. The molecule has 6 aliphatic rings. The van der Waals surface area contributed by atoms with Crippen molar-refractivity contribution in [2.24, 2.45) is 0 Å².